The number of Topliss-reactive ketones (excluding diaryl/α,β-unsaturated/α-hetero) is 1. The zero-order valence-corrected chi connectivity index (χ0v) is 15.6. The van der Waals surface area contributed by atoms with E-state index in [2.05, 4.69) is 16.7 Å². The van der Waals surface area contributed by atoms with Crippen LogP contribution in [0.3, 0.4) is 0 Å². The number of nitrogens with one attached hydrogen (secondary N) is 2. The molecular weight excluding hydrogens is 336 g/mol. The van der Waals surface area contributed by atoms with Crippen molar-refractivity contribution in [2.75, 3.05) is 19.6 Å². The number of amides is 1. The maximum absolute atomic E-state index is 12.3. The molecule has 1 unspecified atom stereocenters. The highest BCUT2D eigenvalue weighted by molar-refractivity contribution is 5.98. The van der Waals surface area contributed by atoms with Crippen molar-refractivity contribution >= 4 is 24.1 Å². The molecule has 0 saturated carbocycles. The largest absolute Gasteiger partial charge is 0.356 e. The number of halogens is 1. The topological polar surface area (TPSA) is 58.2 Å². The van der Waals surface area contributed by atoms with E-state index < -0.39 is 0 Å². The Morgan fingerprint density at radius 1 is 1.12 bits per heavy atom. The van der Waals surface area contributed by atoms with Crippen molar-refractivity contribution in [3.63, 3.8) is 0 Å². The predicted octanol–water partition coefficient (Wildman–Crippen LogP) is 3.07. The summed E-state index contributed by atoms with van der Waals surface area (Å²) in [7, 11) is 0. The van der Waals surface area contributed by atoms with Gasteiger partial charge in [-0.15, -0.1) is 12.4 Å². The normalized spacial score (nSPS) is 19.0. The van der Waals surface area contributed by atoms with Crippen LogP contribution in [0.25, 0.3) is 0 Å². The van der Waals surface area contributed by atoms with E-state index in [1.54, 1.807) is 0 Å². The summed E-state index contributed by atoms with van der Waals surface area (Å²) in [6.07, 6.45) is 7.48. The first-order valence-corrected chi connectivity index (χ1v) is 9.35. The van der Waals surface area contributed by atoms with Gasteiger partial charge in [0.15, 0.2) is 5.78 Å². The zero-order valence-electron chi connectivity index (χ0n) is 14.8. The standard InChI is InChI=1S/C20H28N2O2.ClH/c23-19(18-6-5-16-3-1-2-4-17(16)13-18)7-8-20(24)22-12-10-15-9-11-21-14-15;/h5-6,13,15,21H,1-4,7-12,14H2,(H,22,24);1H. The zero-order chi connectivity index (χ0) is 16.8. The quantitative estimate of drug-likeness (QED) is 0.731. The van der Waals surface area contributed by atoms with Crippen molar-refractivity contribution in [1.82, 2.24) is 10.6 Å². The highest BCUT2D eigenvalue weighted by Crippen LogP contribution is 2.23. The van der Waals surface area contributed by atoms with Crippen molar-refractivity contribution < 1.29 is 9.59 Å². The summed E-state index contributed by atoms with van der Waals surface area (Å²) in [5, 5.41) is 6.28. The molecule has 3 rings (SSSR count). The molecule has 2 aliphatic rings. The SMILES string of the molecule is Cl.O=C(CCC(=O)c1ccc2c(c1)CCCC2)NCCC1CCNC1. The first-order chi connectivity index (χ1) is 11.7. The van der Waals surface area contributed by atoms with Crippen LogP contribution >= 0.6 is 12.4 Å². The smallest absolute Gasteiger partial charge is 0.220 e. The summed E-state index contributed by atoms with van der Waals surface area (Å²) < 4.78 is 0. The second kappa shape index (κ2) is 9.93. The van der Waals surface area contributed by atoms with Crippen molar-refractivity contribution in [3.8, 4) is 0 Å². The summed E-state index contributed by atoms with van der Waals surface area (Å²) in [5.74, 6) is 0.758. The summed E-state index contributed by atoms with van der Waals surface area (Å²) in [6, 6.07) is 6.07. The van der Waals surface area contributed by atoms with Crippen molar-refractivity contribution in [2.24, 2.45) is 5.92 Å². The molecule has 1 atom stereocenters. The van der Waals surface area contributed by atoms with Gasteiger partial charge in [0.2, 0.25) is 5.91 Å². The highest BCUT2D eigenvalue weighted by Gasteiger charge is 2.16. The Morgan fingerprint density at radius 2 is 1.92 bits per heavy atom. The third-order valence-electron chi connectivity index (χ3n) is 5.29. The predicted molar refractivity (Wildman–Crippen MR) is 102 cm³/mol. The number of ketones is 1. The molecule has 1 aromatic carbocycles. The van der Waals surface area contributed by atoms with E-state index in [1.165, 1.54) is 30.4 Å². The Morgan fingerprint density at radius 3 is 2.68 bits per heavy atom. The Kier molecular flexibility index (Phi) is 7.91. The fraction of sp³-hybridized carbons (Fsp3) is 0.600. The third-order valence-corrected chi connectivity index (χ3v) is 5.29. The lowest BCUT2D eigenvalue weighted by atomic mass is 9.89. The minimum absolute atomic E-state index is 0. The van der Waals surface area contributed by atoms with Crippen molar-refractivity contribution in [2.45, 2.75) is 51.4 Å². The average Bonchev–Trinajstić information content (AvgIpc) is 3.12. The van der Waals surface area contributed by atoms with Crippen LogP contribution in [0.1, 0.15) is 60.0 Å². The van der Waals surface area contributed by atoms with E-state index in [-0.39, 0.29) is 24.1 Å². The average molecular weight is 365 g/mol. The fourth-order valence-corrected chi connectivity index (χ4v) is 3.74. The van der Waals surface area contributed by atoms with Gasteiger partial charge in [0.1, 0.15) is 0 Å². The molecule has 0 spiro atoms. The van der Waals surface area contributed by atoms with E-state index in [0.717, 1.165) is 44.5 Å². The summed E-state index contributed by atoms with van der Waals surface area (Å²) >= 11 is 0. The highest BCUT2D eigenvalue weighted by atomic mass is 35.5. The van der Waals surface area contributed by atoms with Crippen LogP contribution in [-0.4, -0.2) is 31.3 Å². The second-order valence-corrected chi connectivity index (χ2v) is 7.11. The number of carbonyl (C=O) groups is 2. The second-order valence-electron chi connectivity index (χ2n) is 7.11. The number of hydrogen-bond donors (Lipinski definition) is 2. The van der Waals surface area contributed by atoms with Gasteiger partial charge in [-0.25, -0.2) is 0 Å². The number of rotatable bonds is 7. The molecule has 1 amide bonds. The third kappa shape index (κ3) is 5.82. The molecule has 0 aromatic heterocycles. The van der Waals surface area contributed by atoms with Crippen LogP contribution in [0.2, 0.25) is 0 Å². The van der Waals surface area contributed by atoms with Gasteiger partial charge in [-0.05, 0) is 74.7 Å². The molecule has 4 nitrogen and oxygen atoms in total. The summed E-state index contributed by atoms with van der Waals surface area (Å²) in [5.41, 5.74) is 3.47. The van der Waals surface area contributed by atoms with Gasteiger partial charge >= 0.3 is 0 Å². The molecule has 0 bridgehead atoms. The molecule has 1 aliphatic heterocycles. The molecule has 5 heteroatoms. The molecule has 1 fully saturated rings. The summed E-state index contributed by atoms with van der Waals surface area (Å²) in [6.45, 7) is 2.87. The minimum atomic E-state index is -0.00716. The minimum Gasteiger partial charge on any atom is -0.356 e. The van der Waals surface area contributed by atoms with Gasteiger partial charge in [-0.3, -0.25) is 9.59 Å². The van der Waals surface area contributed by atoms with Gasteiger partial charge in [0.05, 0.1) is 0 Å². The molecule has 1 aromatic rings. The van der Waals surface area contributed by atoms with Gasteiger partial charge in [0.25, 0.3) is 0 Å². The van der Waals surface area contributed by atoms with Crippen LogP contribution in [-0.2, 0) is 17.6 Å². The lowest BCUT2D eigenvalue weighted by Gasteiger charge is -2.16. The Hall–Kier alpha value is -1.39. The van der Waals surface area contributed by atoms with Gasteiger partial charge in [-0.2, -0.15) is 0 Å². The molecule has 1 heterocycles. The van der Waals surface area contributed by atoms with Gasteiger partial charge in [0, 0.05) is 24.9 Å². The van der Waals surface area contributed by atoms with E-state index in [9.17, 15) is 9.59 Å². The van der Waals surface area contributed by atoms with E-state index in [0.29, 0.717) is 18.8 Å². The van der Waals surface area contributed by atoms with Crippen molar-refractivity contribution in [3.05, 3.63) is 34.9 Å². The van der Waals surface area contributed by atoms with Gasteiger partial charge < -0.3 is 10.6 Å². The van der Waals surface area contributed by atoms with Crippen LogP contribution in [0, 0.1) is 5.92 Å². The van der Waals surface area contributed by atoms with E-state index >= 15 is 0 Å². The van der Waals surface area contributed by atoms with Crippen LogP contribution in [0.15, 0.2) is 18.2 Å². The molecule has 138 valence electrons. The first-order valence-electron chi connectivity index (χ1n) is 9.35. The van der Waals surface area contributed by atoms with Crippen LogP contribution < -0.4 is 10.6 Å². The Labute approximate surface area is 156 Å². The maximum Gasteiger partial charge on any atom is 0.220 e. The molecule has 25 heavy (non-hydrogen) atoms. The van der Waals surface area contributed by atoms with E-state index in [4.69, 9.17) is 0 Å². The fourth-order valence-electron chi connectivity index (χ4n) is 3.74. The Bertz CT molecular complexity index is 597. The lowest BCUT2D eigenvalue weighted by molar-refractivity contribution is -0.121. The van der Waals surface area contributed by atoms with Gasteiger partial charge in [-0.1, -0.05) is 12.1 Å². The molecule has 1 aliphatic carbocycles. The van der Waals surface area contributed by atoms with Crippen LogP contribution in [0.4, 0.5) is 0 Å². The number of hydrogen-bond acceptors (Lipinski definition) is 3. The molecule has 2 N–H and O–H groups in total. The van der Waals surface area contributed by atoms with Crippen LogP contribution in [0.5, 0.6) is 0 Å². The molecular formula is C20H29ClN2O2. The first kappa shape index (κ1) is 19.9. The molecule has 1 saturated heterocycles. The number of benzene rings is 1. The number of carbonyl (C=O) groups excluding carboxylic acids is 2. The maximum atomic E-state index is 12.3. The number of aryl methyl sites for hydroxylation is 2. The summed E-state index contributed by atoms with van der Waals surface area (Å²) in [4.78, 5) is 24.2. The number of fused-ring (bicyclic) bond motifs is 1. The monoisotopic (exact) mass is 364 g/mol. The lowest BCUT2D eigenvalue weighted by Crippen LogP contribution is -2.26. The molecule has 0 radical (unpaired) electrons. The Balaban J connectivity index is 0.00000225. The van der Waals surface area contributed by atoms with E-state index in [1.807, 2.05) is 12.1 Å². The van der Waals surface area contributed by atoms with Crippen molar-refractivity contribution in [1.29, 1.82) is 0 Å².